The molecule has 7 nitrogen and oxygen atoms in total. The Morgan fingerprint density at radius 3 is 2.31 bits per heavy atom. The molecule has 0 saturated carbocycles. The molecule has 0 unspecified atom stereocenters. The zero-order valence-electron chi connectivity index (χ0n) is 16.6. The molecule has 0 bridgehead atoms. The Balaban J connectivity index is 1.70. The molecular formula is C22H26N3O4+. The molecule has 7 heteroatoms. The van der Waals surface area contributed by atoms with E-state index in [2.05, 4.69) is 10.6 Å². The third kappa shape index (κ3) is 5.58. The first kappa shape index (κ1) is 20.4. The first-order valence-corrected chi connectivity index (χ1v) is 9.54. The van der Waals surface area contributed by atoms with Crippen LogP contribution in [-0.2, 0) is 11.2 Å². The van der Waals surface area contributed by atoms with Gasteiger partial charge in [-0.3, -0.25) is 9.59 Å². The van der Waals surface area contributed by atoms with Crippen molar-refractivity contribution in [1.82, 2.24) is 10.6 Å². The normalized spacial score (nSPS) is 13.1. The van der Waals surface area contributed by atoms with Crippen LogP contribution in [0.1, 0.15) is 27.9 Å². The van der Waals surface area contributed by atoms with Crippen LogP contribution in [0.5, 0.6) is 0 Å². The van der Waals surface area contributed by atoms with Crippen LogP contribution in [0.2, 0.25) is 0 Å². The lowest BCUT2D eigenvalue weighted by Gasteiger charge is -2.22. The standard InChI is InChI=1S/C22H25N3O4/c1-25(2)18(19-10-6-12-28-19)15-23-21(26)17(14-16-8-4-3-5-9-16)24-22(27)20-11-7-13-29-20/h3-13,17-18H,14-15H2,1-2H3,(H,23,26)(H,24,27)/p+1/t17-,18-/m0/s1. The minimum atomic E-state index is -0.732. The highest BCUT2D eigenvalue weighted by atomic mass is 16.3. The van der Waals surface area contributed by atoms with Crippen LogP contribution in [-0.4, -0.2) is 38.5 Å². The number of hydrogen-bond acceptors (Lipinski definition) is 4. The van der Waals surface area contributed by atoms with E-state index in [0.29, 0.717) is 13.0 Å². The monoisotopic (exact) mass is 396 g/mol. The summed E-state index contributed by atoms with van der Waals surface area (Å²) in [6.07, 6.45) is 3.42. The molecule has 2 heterocycles. The number of benzene rings is 1. The van der Waals surface area contributed by atoms with Gasteiger partial charge < -0.3 is 24.4 Å². The van der Waals surface area contributed by atoms with Crippen molar-refractivity contribution in [2.45, 2.75) is 18.5 Å². The number of amides is 2. The smallest absolute Gasteiger partial charge is 0.287 e. The molecule has 2 aromatic heterocycles. The lowest BCUT2D eigenvalue weighted by Crippen LogP contribution is -3.07. The van der Waals surface area contributed by atoms with Gasteiger partial charge in [0.1, 0.15) is 6.04 Å². The van der Waals surface area contributed by atoms with Crippen LogP contribution in [0.15, 0.2) is 76.0 Å². The van der Waals surface area contributed by atoms with Crippen LogP contribution in [0, 0.1) is 0 Å². The van der Waals surface area contributed by atoms with Crippen LogP contribution in [0.4, 0.5) is 0 Å². The maximum Gasteiger partial charge on any atom is 0.287 e. The van der Waals surface area contributed by atoms with E-state index in [1.165, 1.54) is 6.26 Å². The molecule has 3 N–H and O–H groups in total. The molecule has 152 valence electrons. The van der Waals surface area contributed by atoms with E-state index < -0.39 is 11.9 Å². The topological polar surface area (TPSA) is 88.9 Å². The molecule has 29 heavy (non-hydrogen) atoms. The van der Waals surface area contributed by atoms with Crippen LogP contribution in [0.25, 0.3) is 0 Å². The number of carbonyl (C=O) groups is 2. The first-order valence-electron chi connectivity index (χ1n) is 9.54. The predicted molar refractivity (Wildman–Crippen MR) is 107 cm³/mol. The molecule has 0 aliphatic rings. The minimum Gasteiger partial charge on any atom is -0.463 e. The SMILES string of the molecule is C[NH+](C)[C@@H](CNC(=O)[C@H](Cc1ccccc1)NC(=O)c1ccco1)c1ccco1. The Hall–Kier alpha value is -3.32. The molecule has 0 radical (unpaired) electrons. The van der Waals surface area contributed by atoms with Gasteiger partial charge in [0.15, 0.2) is 17.6 Å². The summed E-state index contributed by atoms with van der Waals surface area (Å²) in [7, 11) is 4.00. The fraction of sp³-hybridized carbons (Fsp3) is 0.273. The fourth-order valence-electron chi connectivity index (χ4n) is 3.10. The number of furan rings is 2. The van der Waals surface area contributed by atoms with Crippen molar-refractivity contribution in [1.29, 1.82) is 0 Å². The summed E-state index contributed by atoms with van der Waals surface area (Å²) in [6.45, 7) is 0.386. The average molecular weight is 396 g/mol. The number of rotatable bonds is 9. The number of hydrogen-bond donors (Lipinski definition) is 3. The van der Waals surface area contributed by atoms with E-state index in [-0.39, 0.29) is 17.7 Å². The first-order chi connectivity index (χ1) is 14.0. The molecule has 0 aliphatic carbocycles. The Labute approximate surface area is 169 Å². The largest absolute Gasteiger partial charge is 0.463 e. The van der Waals surface area contributed by atoms with Gasteiger partial charge in [-0.05, 0) is 29.8 Å². The van der Waals surface area contributed by atoms with Crippen molar-refractivity contribution < 1.29 is 23.3 Å². The summed E-state index contributed by atoms with van der Waals surface area (Å²) in [5, 5.41) is 5.74. The van der Waals surface area contributed by atoms with E-state index in [1.807, 2.05) is 56.6 Å². The van der Waals surface area contributed by atoms with Crippen molar-refractivity contribution in [2.75, 3.05) is 20.6 Å². The van der Waals surface area contributed by atoms with Gasteiger partial charge in [0, 0.05) is 6.42 Å². The Morgan fingerprint density at radius 2 is 1.69 bits per heavy atom. The Morgan fingerprint density at radius 1 is 0.966 bits per heavy atom. The molecule has 2 amide bonds. The molecule has 1 aromatic carbocycles. The summed E-state index contributed by atoms with van der Waals surface area (Å²) in [5.41, 5.74) is 0.952. The highest BCUT2D eigenvalue weighted by Crippen LogP contribution is 2.10. The van der Waals surface area contributed by atoms with Gasteiger partial charge in [-0.25, -0.2) is 0 Å². The second-order valence-corrected chi connectivity index (χ2v) is 7.08. The number of nitrogens with one attached hydrogen (secondary N) is 3. The fourth-order valence-corrected chi connectivity index (χ4v) is 3.10. The maximum atomic E-state index is 13.0. The summed E-state index contributed by atoms with van der Waals surface area (Å²) in [4.78, 5) is 26.5. The molecule has 2 atom stereocenters. The molecule has 3 aromatic rings. The van der Waals surface area contributed by atoms with Crippen LogP contribution < -0.4 is 15.5 Å². The molecule has 0 saturated heterocycles. The molecular weight excluding hydrogens is 370 g/mol. The number of likely N-dealkylation sites (N-methyl/N-ethyl adjacent to an activating group) is 1. The van der Waals surface area contributed by atoms with Gasteiger partial charge in [-0.1, -0.05) is 30.3 Å². The van der Waals surface area contributed by atoms with Crippen molar-refractivity contribution in [2.24, 2.45) is 0 Å². The van der Waals surface area contributed by atoms with E-state index in [4.69, 9.17) is 8.83 Å². The van der Waals surface area contributed by atoms with Gasteiger partial charge in [-0.2, -0.15) is 0 Å². The van der Waals surface area contributed by atoms with Crippen molar-refractivity contribution >= 4 is 11.8 Å². The second kappa shape index (κ2) is 9.75. The summed E-state index contributed by atoms with van der Waals surface area (Å²) in [5.74, 6) is 0.282. The van der Waals surface area contributed by atoms with E-state index in [1.54, 1.807) is 18.4 Å². The summed E-state index contributed by atoms with van der Waals surface area (Å²) < 4.78 is 10.6. The third-order valence-corrected chi connectivity index (χ3v) is 4.71. The number of carbonyl (C=O) groups excluding carboxylic acids is 2. The maximum absolute atomic E-state index is 13.0. The van der Waals surface area contributed by atoms with E-state index in [0.717, 1.165) is 16.2 Å². The quantitative estimate of drug-likeness (QED) is 0.507. The molecule has 0 aliphatic heterocycles. The highest BCUT2D eigenvalue weighted by molar-refractivity contribution is 5.95. The molecule has 0 fully saturated rings. The van der Waals surface area contributed by atoms with E-state index in [9.17, 15) is 9.59 Å². The van der Waals surface area contributed by atoms with Gasteiger partial charge in [0.05, 0.1) is 33.2 Å². The average Bonchev–Trinajstić information content (AvgIpc) is 3.42. The van der Waals surface area contributed by atoms with Crippen molar-refractivity contribution in [3.8, 4) is 0 Å². The van der Waals surface area contributed by atoms with Gasteiger partial charge in [0.2, 0.25) is 5.91 Å². The van der Waals surface area contributed by atoms with Gasteiger partial charge in [0.25, 0.3) is 5.91 Å². The minimum absolute atomic E-state index is 0.0351. The lowest BCUT2D eigenvalue weighted by atomic mass is 10.0. The number of quaternary nitrogens is 1. The summed E-state index contributed by atoms with van der Waals surface area (Å²) >= 11 is 0. The summed E-state index contributed by atoms with van der Waals surface area (Å²) in [6, 6.07) is 15.7. The highest BCUT2D eigenvalue weighted by Gasteiger charge is 2.26. The third-order valence-electron chi connectivity index (χ3n) is 4.71. The van der Waals surface area contributed by atoms with Crippen LogP contribution >= 0.6 is 0 Å². The Kier molecular flexibility index (Phi) is 6.86. The van der Waals surface area contributed by atoms with E-state index >= 15 is 0 Å². The molecule has 3 rings (SSSR count). The zero-order chi connectivity index (χ0) is 20.6. The Bertz CT molecular complexity index is 890. The van der Waals surface area contributed by atoms with Crippen molar-refractivity contribution in [3.63, 3.8) is 0 Å². The zero-order valence-corrected chi connectivity index (χ0v) is 16.6. The molecule has 0 spiro atoms. The van der Waals surface area contributed by atoms with Gasteiger partial charge in [-0.15, -0.1) is 0 Å². The lowest BCUT2D eigenvalue weighted by molar-refractivity contribution is -0.891. The predicted octanol–water partition coefficient (Wildman–Crippen LogP) is 1.22. The van der Waals surface area contributed by atoms with Crippen LogP contribution in [0.3, 0.4) is 0 Å². The second-order valence-electron chi connectivity index (χ2n) is 7.08. The van der Waals surface area contributed by atoms with Gasteiger partial charge >= 0.3 is 0 Å². The van der Waals surface area contributed by atoms with Crippen molar-refractivity contribution in [3.05, 3.63) is 84.2 Å².